The molecule has 1 amide bonds. The van der Waals surface area contributed by atoms with E-state index in [9.17, 15) is 4.79 Å². The third kappa shape index (κ3) is 4.02. The van der Waals surface area contributed by atoms with Crippen LogP contribution < -0.4 is 9.64 Å². The van der Waals surface area contributed by atoms with Crippen LogP contribution in [0, 0.1) is 5.92 Å². The van der Waals surface area contributed by atoms with Gasteiger partial charge in [0.15, 0.2) is 0 Å². The second-order valence-electron chi connectivity index (χ2n) is 6.71. The van der Waals surface area contributed by atoms with Crippen molar-refractivity contribution in [3.63, 3.8) is 0 Å². The Kier molecular flexibility index (Phi) is 5.87. The van der Waals surface area contributed by atoms with E-state index in [4.69, 9.17) is 4.74 Å². The molecule has 0 N–H and O–H groups in total. The fourth-order valence-corrected chi connectivity index (χ4v) is 3.39. The van der Waals surface area contributed by atoms with E-state index in [1.165, 1.54) is 37.7 Å². The van der Waals surface area contributed by atoms with Gasteiger partial charge in [0.1, 0.15) is 5.75 Å². The van der Waals surface area contributed by atoms with Crippen molar-refractivity contribution in [2.24, 2.45) is 5.92 Å². The molecule has 0 heterocycles. The van der Waals surface area contributed by atoms with Crippen molar-refractivity contribution in [3.8, 4) is 5.75 Å². The molecule has 1 aromatic rings. The van der Waals surface area contributed by atoms with Crippen molar-refractivity contribution in [2.75, 3.05) is 18.6 Å². The van der Waals surface area contributed by atoms with E-state index >= 15 is 0 Å². The number of hydrogen-bond donors (Lipinski definition) is 0. The molecule has 1 fully saturated rings. The first-order valence-corrected chi connectivity index (χ1v) is 8.49. The number of methoxy groups -OCH3 is 1. The molecule has 0 aromatic heterocycles. The van der Waals surface area contributed by atoms with Gasteiger partial charge >= 0.3 is 0 Å². The van der Waals surface area contributed by atoms with Crippen LogP contribution in [0.3, 0.4) is 0 Å². The molecule has 0 radical (unpaired) electrons. The minimum absolute atomic E-state index is 0.116. The lowest BCUT2D eigenvalue weighted by Crippen LogP contribution is -2.34. The van der Waals surface area contributed by atoms with Gasteiger partial charge in [0.2, 0.25) is 5.91 Å². The number of ether oxygens (including phenoxy) is 1. The summed E-state index contributed by atoms with van der Waals surface area (Å²) in [7, 11) is 1.70. The molecule has 0 atom stereocenters. The van der Waals surface area contributed by atoms with Crippen LogP contribution in [0.2, 0.25) is 0 Å². The molecule has 0 saturated heterocycles. The Morgan fingerprint density at radius 1 is 1.27 bits per heavy atom. The molecule has 1 aliphatic rings. The summed E-state index contributed by atoms with van der Waals surface area (Å²) < 4.78 is 5.53. The third-order valence-corrected chi connectivity index (χ3v) is 4.70. The Balaban J connectivity index is 2.22. The molecule has 1 saturated carbocycles. The van der Waals surface area contributed by atoms with Crippen LogP contribution in [-0.4, -0.2) is 19.6 Å². The molecule has 0 spiro atoms. The van der Waals surface area contributed by atoms with Gasteiger partial charge in [0.05, 0.1) is 7.11 Å². The molecule has 0 aliphatic heterocycles. The van der Waals surface area contributed by atoms with E-state index in [1.807, 2.05) is 11.0 Å². The average molecular weight is 303 g/mol. The lowest BCUT2D eigenvalue weighted by Gasteiger charge is -2.29. The van der Waals surface area contributed by atoms with Crippen LogP contribution >= 0.6 is 0 Å². The third-order valence-electron chi connectivity index (χ3n) is 4.70. The van der Waals surface area contributed by atoms with E-state index in [1.54, 1.807) is 14.0 Å². The Morgan fingerprint density at radius 3 is 2.50 bits per heavy atom. The zero-order chi connectivity index (χ0) is 16.1. The Bertz CT molecular complexity index is 504. The SMILES string of the molecule is COc1cc(N(CC2CCCCC2)C(C)=O)ccc1C(C)C. The predicted molar refractivity (Wildman–Crippen MR) is 91.7 cm³/mol. The smallest absolute Gasteiger partial charge is 0.223 e. The Labute approximate surface area is 134 Å². The Morgan fingerprint density at radius 2 is 1.95 bits per heavy atom. The van der Waals surface area contributed by atoms with Gasteiger partial charge in [-0.2, -0.15) is 0 Å². The number of amides is 1. The maximum atomic E-state index is 12.1. The number of carbonyl (C=O) groups excluding carboxylic acids is 1. The van der Waals surface area contributed by atoms with E-state index in [0.29, 0.717) is 11.8 Å². The van der Waals surface area contributed by atoms with E-state index in [0.717, 1.165) is 18.0 Å². The van der Waals surface area contributed by atoms with Crippen molar-refractivity contribution in [1.82, 2.24) is 0 Å². The number of anilines is 1. The summed E-state index contributed by atoms with van der Waals surface area (Å²) >= 11 is 0. The van der Waals surface area contributed by atoms with Gasteiger partial charge in [-0.1, -0.05) is 39.2 Å². The van der Waals surface area contributed by atoms with E-state index in [2.05, 4.69) is 26.0 Å². The second kappa shape index (κ2) is 7.66. The highest BCUT2D eigenvalue weighted by Gasteiger charge is 2.21. The number of rotatable bonds is 5. The van der Waals surface area contributed by atoms with Crippen molar-refractivity contribution in [2.45, 2.75) is 58.8 Å². The first-order chi connectivity index (χ1) is 10.5. The summed E-state index contributed by atoms with van der Waals surface area (Å²) in [4.78, 5) is 14.0. The summed E-state index contributed by atoms with van der Waals surface area (Å²) in [5.74, 6) is 2.04. The van der Waals surface area contributed by atoms with E-state index < -0.39 is 0 Å². The van der Waals surface area contributed by atoms with Crippen LogP contribution in [-0.2, 0) is 4.79 Å². The maximum Gasteiger partial charge on any atom is 0.223 e. The van der Waals surface area contributed by atoms with Gasteiger partial charge in [-0.3, -0.25) is 4.79 Å². The monoisotopic (exact) mass is 303 g/mol. The number of benzene rings is 1. The molecule has 3 nitrogen and oxygen atoms in total. The summed E-state index contributed by atoms with van der Waals surface area (Å²) in [5, 5.41) is 0. The number of carbonyl (C=O) groups is 1. The van der Waals surface area contributed by atoms with Crippen LogP contribution in [0.5, 0.6) is 5.75 Å². The van der Waals surface area contributed by atoms with Crippen molar-refractivity contribution in [3.05, 3.63) is 23.8 Å². The van der Waals surface area contributed by atoms with Crippen molar-refractivity contribution in [1.29, 1.82) is 0 Å². The number of nitrogens with zero attached hydrogens (tertiary/aromatic N) is 1. The first-order valence-electron chi connectivity index (χ1n) is 8.49. The molecule has 1 aromatic carbocycles. The van der Waals surface area contributed by atoms with E-state index in [-0.39, 0.29) is 5.91 Å². The van der Waals surface area contributed by atoms with Gasteiger partial charge in [-0.05, 0) is 36.3 Å². The minimum Gasteiger partial charge on any atom is -0.496 e. The molecule has 3 heteroatoms. The highest BCUT2D eigenvalue weighted by molar-refractivity contribution is 5.91. The summed E-state index contributed by atoms with van der Waals surface area (Å²) in [6.45, 7) is 6.80. The molecule has 22 heavy (non-hydrogen) atoms. The average Bonchev–Trinajstić information content (AvgIpc) is 2.52. The van der Waals surface area contributed by atoms with Crippen LogP contribution in [0.4, 0.5) is 5.69 Å². The Hall–Kier alpha value is -1.51. The highest BCUT2D eigenvalue weighted by Crippen LogP contribution is 2.32. The molecule has 2 rings (SSSR count). The highest BCUT2D eigenvalue weighted by atomic mass is 16.5. The minimum atomic E-state index is 0.116. The summed E-state index contributed by atoms with van der Waals surface area (Å²) in [6.07, 6.45) is 6.42. The lowest BCUT2D eigenvalue weighted by atomic mass is 9.88. The van der Waals surface area contributed by atoms with Crippen LogP contribution in [0.1, 0.15) is 64.4 Å². The van der Waals surface area contributed by atoms with Crippen molar-refractivity contribution < 1.29 is 9.53 Å². The topological polar surface area (TPSA) is 29.5 Å². The molecule has 0 bridgehead atoms. The fourth-order valence-electron chi connectivity index (χ4n) is 3.39. The fraction of sp³-hybridized carbons (Fsp3) is 0.632. The van der Waals surface area contributed by atoms with Gasteiger partial charge < -0.3 is 9.64 Å². The van der Waals surface area contributed by atoms with Crippen LogP contribution in [0.15, 0.2) is 18.2 Å². The van der Waals surface area contributed by atoms with Crippen LogP contribution in [0.25, 0.3) is 0 Å². The number of hydrogen-bond acceptors (Lipinski definition) is 2. The summed E-state index contributed by atoms with van der Waals surface area (Å²) in [5.41, 5.74) is 2.15. The zero-order valence-electron chi connectivity index (χ0n) is 14.4. The quantitative estimate of drug-likeness (QED) is 0.785. The molecular weight excluding hydrogens is 274 g/mol. The van der Waals surface area contributed by atoms with Crippen molar-refractivity contribution >= 4 is 11.6 Å². The maximum absolute atomic E-state index is 12.1. The normalized spacial score (nSPS) is 15.9. The summed E-state index contributed by atoms with van der Waals surface area (Å²) in [6, 6.07) is 6.16. The molecule has 122 valence electrons. The molecular formula is C19H29NO2. The lowest BCUT2D eigenvalue weighted by molar-refractivity contribution is -0.116. The standard InChI is InChI=1S/C19H29NO2/c1-14(2)18-11-10-17(12-19(18)22-4)20(15(3)21)13-16-8-6-5-7-9-16/h10-12,14,16H,5-9,13H2,1-4H3. The first kappa shape index (κ1) is 16.9. The zero-order valence-corrected chi connectivity index (χ0v) is 14.4. The van der Waals surface area contributed by atoms with Gasteiger partial charge in [0.25, 0.3) is 0 Å². The largest absolute Gasteiger partial charge is 0.496 e. The molecule has 1 aliphatic carbocycles. The van der Waals surface area contributed by atoms with Gasteiger partial charge in [0, 0.05) is 25.2 Å². The predicted octanol–water partition coefficient (Wildman–Crippen LogP) is 4.75. The second-order valence-corrected chi connectivity index (χ2v) is 6.71. The van der Waals surface area contributed by atoms with Gasteiger partial charge in [-0.25, -0.2) is 0 Å². The van der Waals surface area contributed by atoms with Gasteiger partial charge in [-0.15, -0.1) is 0 Å². The molecule has 0 unspecified atom stereocenters.